The molecule has 0 saturated carbocycles. The molecule has 0 bridgehead atoms. The average molecular weight is 275 g/mol. The van der Waals surface area contributed by atoms with E-state index in [1.54, 1.807) is 12.1 Å². The van der Waals surface area contributed by atoms with Crippen LogP contribution in [0.4, 0.5) is 14.5 Å². The van der Waals surface area contributed by atoms with Gasteiger partial charge in [0.15, 0.2) is 17.4 Å². The number of benzene rings is 2. The number of phenolic OH excluding ortho intramolecular Hbond substituents is 1. The highest BCUT2D eigenvalue weighted by Crippen LogP contribution is 2.34. The smallest absolute Gasteiger partial charge is 0.266 e. The fourth-order valence-electron chi connectivity index (χ4n) is 2.11. The van der Waals surface area contributed by atoms with E-state index in [0.29, 0.717) is 4.90 Å². The number of carbonyl (C=O) groups is 2. The van der Waals surface area contributed by atoms with Crippen molar-refractivity contribution in [3.8, 4) is 5.75 Å². The second kappa shape index (κ2) is 4.12. The highest BCUT2D eigenvalue weighted by molar-refractivity contribution is 6.34. The monoisotopic (exact) mass is 275 g/mol. The first kappa shape index (κ1) is 12.3. The fraction of sp³-hybridized carbons (Fsp3) is 0. The van der Waals surface area contributed by atoms with Crippen molar-refractivity contribution in [3.63, 3.8) is 0 Å². The summed E-state index contributed by atoms with van der Waals surface area (Å²) < 4.78 is 26.9. The molecule has 1 aliphatic rings. The molecule has 3 rings (SSSR count). The van der Waals surface area contributed by atoms with Crippen LogP contribution >= 0.6 is 0 Å². The number of carbonyl (C=O) groups excluding carboxylic acids is 2. The van der Waals surface area contributed by atoms with Gasteiger partial charge in [0.25, 0.3) is 11.8 Å². The Morgan fingerprint density at radius 2 is 1.45 bits per heavy atom. The SMILES string of the molecule is O=C1c2ccccc2C(=O)N1c1ccc(F)c(O)c1F. The Labute approximate surface area is 111 Å². The summed E-state index contributed by atoms with van der Waals surface area (Å²) in [6.07, 6.45) is 0. The summed E-state index contributed by atoms with van der Waals surface area (Å²) in [6.45, 7) is 0. The molecule has 0 aromatic heterocycles. The molecule has 2 aromatic carbocycles. The lowest BCUT2D eigenvalue weighted by molar-refractivity contribution is 0.0924. The van der Waals surface area contributed by atoms with Crippen LogP contribution in [0.25, 0.3) is 0 Å². The predicted molar refractivity (Wildman–Crippen MR) is 65.6 cm³/mol. The first-order valence-electron chi connectivity index (χ1n) is 5.67. The van der Waals surface area contributed by atoms with Crippen molar-refractivity contribution in [1.29, 1.82) is 0 Å². The number of aromatic hydroxyl groups is 1. The van der Waals surface area contributed by atoms with Gasteiger partial charge in [-0.1, -0.05) is 12.1 Å². The van der Waals surface area contributed by atoms with E-state index in [0.717, 1.165) is 12.1 Å². The Morgan fingerprint density at radius 1 is 0.900 bits per heavy atom. The lowest BCUT2D eigenvalue weighted by atomic mass is 10.1. The van der Waals surface area contributed by atoms with Crippen LogP contribution in [0, 0.1) is 11.6 Å². The Bertz CT molecular complexity index is 723. The second-order valence-electron chi connectivity index (χ2n) is 4.22. The van der Waals surface area contributed by atoms with Gasteiger partial charge >= 0.3 is 0 Å². The van der Waals surface area contributed by atoms with Crippen molar-refractivity contribution >= 4 is 17.5 Å². The van der Waals surface area contributed by atoms with Crippen molar-refractivity contribution < 1.29 is 23.5 Å². The van der Waals surface area contributed by atoms with Crippen LogP contribution in [0.15, 0.2) is 36.4 Å². The number of anilines is 1. The summed E-state index contributed by atoms with van der Waals surface area (Å²) >= 11 is 0. The summed E-state index contributed by atoms with van der Waals surface area (Å²) in [5.74, 6) is -5.16. The summed E-state index contributed by atoms with van der Waals surface area (Å²) in [6, 6.07) is 7.76. The summed E-state index contributed by atoms with van der Waals surface area (Å²) in [4.78, 5) is 24.8. The predicted octanol–water partition coefficient (Wildman–Crippen LogP) is 2.47. The molecule has 2 amide bonds. The number of nitrogens with zero attached hydrogens (tertiary/aromatic N) is 1. The van der Waals surface area contributed by atoms with Crippen molar-refractivity contribution in [2.45, 2.75) is 0 Å². The normalized spacial score (nSPS) is 13.8. The number of amides is 2. The summed E-state index contributed by atoms with van der Waals surface area (Å²) in [5.41, 5.74) is -0.198. The van der Waals surface area contributed by atoms with E-state index in [-0.39, 0.29) is 11.1 Å². The molecule has 0 unspecified atom stereocenters. The van der Waals surface area contributed by atoms with Gasteiger partial charge in [-0.25, -0.2) is 13.7 Å². The van der Waals surface area contributed by atoms with Crippen LogP contribution in [0.5, 0.6) is 5.75 Å². The van der Waals surface area contributed by atoms with Crippen LogP contribution in [-0.4, -0.2) is 16.9 Å². The standard InChI is InChI=1S/C14H7F2NO3/c15-9-5-6-10(11(16)12(9)18)17-13(19)7-3-1-2-4-8(7)14(17)20/h1-6,18H. The van der Waals surface area contributed by atoms with E-state index in [4.69, 9.17) is 0 Å². The van der Waals surface area contributed by atoms with Gasteiger partial charge in [0, 0.05) is 0 Å². The Hall–Kier alpha value is -2.76. The molecule has 0 spiro atoms. The highest BCUT2D eigenvalue weighted by atomic mass is 19.1. The number of hydrogen-bond acceptors (Lipinski definition) is 3. The number of rotatable bonds is 1. The van der Waals surface area contributed by atoms with Crippen LogP contribution in [-0.2, 0) is 0 Å². The molecule has 2 aromatic rings. The van der Waals surface area contributed by atoms with E-state index in [9.17, 15) is 23.5 Å². The first-order valence-corrected chi connectivity index (χ1v) is 5.67. The van der Waals surface area contributed by atoms with Crippen molar-refractivity contribution in [2.24, 2.45) is 0 Å². The van der Waals surface area contributed by atoms with Crippen LogP contribution in [0.1, 0.15) is 20.7 Å². The van der Waals surface area contributed by atoms with Gasteiger partial charge in [-0.05, 0) is 24.3 Å². The van der Waals surface area contributed by atoms with E-state index >= 15 is 0 Å². The quantitative estimate of drug-likeness (QED) is 0.813. The molecule has 1 heterocycles. The largest absolute Gasteiger partial charge is 0.503 e. The molecular formula is C14H7F2NO3. The van der Waals surface area contributed by atoms with Crippen molar-refractivity contribution in [1.82, 2.24) is 0 Å². The van der Waals surface area contributed by atoms with E-state index in [1.165, 1.54) is 12.1 Å². The van der Waals surface area contributed by atoms with Gasteiger partial charge in [-0.3, -0.25) is 9.59 Å². The fourth-order valence-corrected chi connectivity index (χ4v) is 2.11. The number of phenols is 1. The minimum Gasteiger partial charge on any atom is -0.503 e. The van der Waals surface area contributed by atoms with Crippen LogP contribution in [0.3, 0.4) is 0 Å². The van der Waals surface area contributed by atoms with Crippen molar-refractivity contribution in [3.05, 3.63) is 59.2 Å². The molecule has 0 atom stereocenters. The molecule has 6 heteroatoms. The van der Waals surface area contributed by atoms with Gasteiger partial charge in [0.05, 0.1) is 16.8 Å². The molecular weight excluding hydrogens is 268 g/mol. The molecule has 0 fully saturated rings. The molecule has 1 aliphatic heterocycles. The zero-order valence-electron chi connectivity index (χ0n) is 9.93. The third-order valence-corrected chi connectivity index (χ3v) is 3.08. The Morgan fingerprint density at radius 3 is 2.00 bits per heavy atom. The maximum Gasteiger partial charge on any atom is 0.266 e. The van der Waals surface area contributed by atoms with Gasteiger partial charge in [0.2, 0.25) is 0 Å². The van der Waals surface area contributed by atoms with E-state index in [2.05, 4.69) is 0 Å². The number of imide groups is 1. The zero-order chi connectivity index (χ0) is 14.4. The zero-order valence-corrected chi connectivity index (χ0v) is 9.93. The molecule has 4 nitrogen and oxygen atoms in total. The van der Waals surface area contributed by atoms with Gasteiger partial charge in [-0.15, -0.1) is 0 Å². The van der Waals surface area contributed by atoms with Gasteiger partial charge in [-0.2, -0.15) is 0 Å². The van der Waals surface area contributed by atoms with Crippen LogP contribution < -0.4 is 4.90 Å². The first-order chi connectivity index (χ1) is 9.52. The number of fused-ring (bicyclic) bond motifs is 1. The van der Waals surface area contributed by atoms with Gasteiger partial charge in [0.1, 0.15) is 0 Å². The molecule has 0 radical (unpaired) electrons. The van der Waals surface area contributed by atoms with E-state index < -0.39 is 34.9 Å². The number of halogens is 2. The molecule has 20 heavy (non-hydrogen) atoms. The second-order valence-corrected chi connectivity index (χ2v) is 4.22. The van der Waals surface area contributed by atoms with Gasteiger partial charge < -0.3 is 5.11 Å². The summed E-state index contributed by atoms with van der Waals surface area (Å²) in [5, 5.41) is 9.24. The third kappa shape index (κ3) is 1.51. The topological polar surface area (TPSA) is 57.6 Å². The van der Waals surface area contributed by atoms with Crippen LogP contribution in [0.2, 0.25) is 0 Å². The summed E-state index contributed by atoms with van der Waals surface area (Å²) in [7, 11) is 0. The lowest BCUT2D eigenvalue weighted by Gasteiger charge is -2.15. The van der Waals surface area contributed by atoms with E-state index in [1.807, 2.05) is 0 Å². The third-order valence-electron chi connectivity index (χ3n) is 3.08. The lowest BCUT2D eigenvalue weighted by Crippen LogP contribution is -2.30. The minimum atomic E-state index is -1.35. The van der Waals surface area contributed by atoms with Crippen molar-refractivity contribution in [2.75, 3.05) is 4.90 Å². The maximum atomic E-state index is 13.8. The molecule has 1 N–H and O–H groups in total. The minimum absolute atomic E-state index is 0.140. The maximum absolute atomic E-state index is 13.8. The Kier molecular flexibility index (Phi) is 2.53. The molecule has 0 aliphatic carbocycles. The number of hydrogen-bond donors (Lipinski definition) is 1. The molecule has 100 valence electrons. The average Bonchev–Trinajstić information content (AvgIpc) is 2.70. The highest BCUT2D eigenvalue weighted by Gasteiger charge is 2.38. The Balaban J connectivity index is 2.17. The molecule has 0 saturated heterocycles.